The van der Waals surface area contributed by atoms with E-state index in [1.807, 2.05) is 11.8 Å². The minimum atomic E-state index is 0.174. The van der Waals surface area contributed by atoms with E-state index >= 15 is 0 Å². The van der Waals surface area contributed by atoms with Crippen molar-refractivity contribution in [1.82, 2.24) is 5.32 Å². The Morgan fingerprint density at radius 3 is 2.59 bits per heavy atom. The molecule has 1 saturated heterocycles. The lowest BCUT2D eigenvalue weighted by Gasteiger charge is -2.30. The highest BCUT2D eigenvalue weighted by Crippen LogP contribution is 2.36. The molecule has 0 radical (unpaired) electrons. The third kappa shape index (κ3) is 2.97. The first-order valence-corrected chi connectivity index (χ1v) is 7.68. The van der Waals surface area contributed by atoms with Crippen molar-refractivity contribution in [2.75, 3.05) is 19.0 Å². The quantitative estimate of drug-likeness (QED) is 0.843. The lowest BCUT2D eigenvalue weighted by Crippen LogP contribution is -2.43. The van der Waals surface area contributed by atoms with Crippen molar-refractivity contribution in [3.63, 3.8) is 0 Å². The van der Waals surface area contributed by atoms with E-state index in [9.17, 15) is 0 Å². The van der Waals surface area contributed by atoms with Gasteiger partial charge in [0.25, 0.3) is 0 Å². The molecule has 2 aliphatic heterocycles. The van der Waals surface area contributed by atoms with Gasteiger partial charge in [-0.3, -0.25) is 4.99 Å². The van der Waals surface area contributed by atoms with Gasteiger partial charge in [-0.2, -0.15) is 0 Å². The van der Waals surface area contributed by atoms with E-state index in [-0.39, 0.29) is 11.1 Å². The van der Waals surface area contributed by atoms with Gasteiger partial charge in [0.05, 0.1) is 5.54 Å². The molecule has 1 fully saturated rings. The minimum Gasteiger partial charge on any atom is -0.381 e. The normalized spacial score (nSPS) is 23.8. The molecule has 0 aromatic carbocycles. The molecule has 2 rings (SSSR count). The second kappa shape index (κ2) is 5.19. The summed E-state index contributed by atoms with van der Waals surface area (Å²) in [5.74, 6) is 1.13. The van der Waals surface area contributed by atoms with Crippen molar-refractivity contribution in [3.05, 3.63) is 0 Å². The van der Waals surface area contributed by atoms with Crippen LogP contribution < -0.4 is 5.32 Å². The van der Waals surface area contributed by atoms with Gasteiger partial charge in [0.2, 0.25) is 0 Å². The third-order valence-corrected chi connectivity index (χ3v) is 5.36. The van der Waals surface area contributed by atoms with Gasteiger partial charge in [0.1, 0.15) is 0 Å². The lowest BCUT2D eigenvalue weighted by molar-refractivity contribution is 0.0623. The van der Waals surface area contributed by atoms with Gasteiger partial charge in [-0.15, -0.1) is 0 Å². The van der Waals surface area contributed by atoms with Crippen molar-refractivity contribution in [2.24, 2.45) is 4.99 Å². The third-order valence-electron chi connectivity index (χ3n) is 4.21. The van der Waals surface area contributed by atoms with E-state index in [0.717, 1.165) is 49.8 Å². The molecule has 0 saturated carbocycles. The van der Waals surface area contributed by atoms with Gasteiger partial charge < -0.3 is 10.1 Å². The van der Waals surface area contributed by atoms with Gasteiger partial charge in [-0.05, 0) is 32.6 Å². The monoisotopic (exact) mass is 256 g/mol. The number of rotatable bonds is 3. The Morgan fingerprint density at radius 1 is 1.35 bits per heavy atom. The first-order chi connectivity index (χ1) is 8.11. The largest absolute Gasteiger partial charge is 0.381 e. The number of nitrogens with zero attached hydrogens (tertiary/aromatic N) is 1. The molecule has 2 aliphatic rings. The molecule has 0 atom stereocenters. The van der Waals surface area contributed by atoms with Crippen molar-refractivity contribution in [1.29, 1.82) is 0 Å². The second-order valence-electron chi connectivity index (χ2n) is 5.44. The summed E-state index contributed by atoms with van der Waals surface area (Å²) in [6.45, 7) is 8.50. The van der Waals surface area contributed by atoms with Gasteiger partial charge in [0, 0.05) is 24.5 Å². The fourth-order valence-electron chi connectivity index (χ4n) is 2.24. The summed E-state index contributed by atoms with van der Waals surface area (Å²) in [5, 5.41) is 4.79. The highest BCUT2D eigenvalue weighted by Gasteiger charge is 2.38. The molecule has 0 unspecified atom stereocenters. The molecule has 0 aromatic heterocycles. The molecule has 0 aromatic rings. The number of thioether (sulfide) groups is 1. The Morgan fingerprint density at radius 2 is 2.00 bits per heavy atom. The van der Waals surface area contributed by atoms with Crippen molar-refractivity contribution >= 4 is 16.9 Å². The summed E-state index contributed by atoms with van der Waals surface area (Å²) >= 11 is 1.89. The smallest absolute Gasteiger partial charge is 0.157 e. The van der Waals surface area contributed by atoms with Crippen LogP contribution in [0.2, 0.25) is 0 Å². The summed E-state index contributed by atoms with van der Waals surface area (Å²) in [6, 6.07) is 0. The molecule has 3 nitrogen and oxygen atoms in total. The molecule has 1 spiro atoms. The molecule has 4 heteroatoms. The zero-order valence-corrected chi connectivity index (χ0v) is 12.0. The molecule has 1 N–H and O–H groups in total. The van der Waals surface area contributed by atoms with Crippen LogP contribution in [0.25, 0.3) is 0 Å². The van der Waals surface area contributed by atoms with Crippen LogP contribution >= 0.6 is 11.8 Å². The Kier molecular flexibility index (Phi) is 4.03. The predicted molar refractivity (Wildman–Crippen MR) is 74.8 cm³/mol. The van der Waals surface area contributed by atoms with E-state index < -0.39 is 0 Å². The van der Waals surface area contributed by atoms with Crippen molar-refractivity contribution < 1.29 is 4.74 Å². The van der Waals surface area contributed by atoms with Gasteiger partial charge in [-0.1, -0.05) is 25.6 Å². The zero-order valence-electron chi connectivity index (χ0n) is 11.2. The molecule has 0 bridgehead atoms. The molecular weight excluding hydrogens is 232 g/mol. The van der Waals surface area contributed by atoms with Crippen LogP contribution in [0.15, 0.2) is 4.99 Å². The van der Waals surface area contributed by atoms with Gasteiger partial charge in [-0.25, -0.2) is 0 Å². The second-order valence-corrected chi connectivity index (χ2v) is 6.40. The Hall–Kier alpha value is -0.220. The summed E-state index contributed by atoms with van der Waals surface area (Å²) in [4.78, 5) is 4.95. The van der Waals surface area contributed by atoms with E-state index in [0.29, 0.717) is 0 Å². The molecule has 0 amide bonds. The van der Waals surface area contributed by atoms with Crippen LogP contribution in [-0.2, 0) is 4.74 Å². The van der Waals surface area contributed by atoms with Crippen LogP contribution in [-0.4, -0.2) is 35.2 Å². The number of amidine groups is 1. The van der Waals surface area contributed by atoms with Crippen LogP contribution in [0.5, 0.6) is 0 Å². The molecule has 0 aliphatic carbocycles. The highest BCUT2D eigenvalue weighted by molar-refractivity contribution is 8.14. The Labute approximate surface area is 109 Å². The van der Waals surface area contributed by atoms with Crippen LogP contribution in [0.3, 0.4) is 0 Å². The van der Waals surface area contributed by atoms with E-state index in [1.165, 1.54) is 0 Å². The molecule has 98 valence electrons. The number of hydrogen-bond donors (Lipinski definition) is 1. The van der Waals surface area contributed by atoms with Crippen molar-refractivity contribution in [3.8, 4) is 0 Å². The maximum atomic E-state index is 5.44. The molecule has 17 heavy (non-hydrogen) atoms. The lowest BCUT2D eigenvalue weighted by atomic mass is 9.93. The maximum Gasteiger partial charge on any atom is 0.157 e. The van der Waals surface area contributed by atoms with E-state index in [2.05, 4.69) is 26.1 Å². The Bertz CT molecular complexity index is 294. The van der Waals surface area contributed by atoms with Crippen LogP contribution in [0, 0.1) is 0 Å². The predicted octanol–water partition coefficient (Wildman–Crippen LogP) is 2.81. The van der Waals surface area contributed by atoms with Gasteiger partial charge in [0.15, 0.2) is 5.17 Å². The molecule has 2 heterocycles. The first kappa shape index (κ1) is 13.2. The summed E-state index contributed by atoms with van der Waals surface area (Å²) in [7, 11) is 0. The fraction of sp³-hybridized carbons (Fsp3) is 0.923. The standard InChI is InChI=1S/C13H24N2OS/c1-4-12(3,5-2)14-11-15-13(10-17-11)6-8-16-9-7-13/h4-10H2,1-3H3,(H,14,15). The highest BCUT2D eigenvalue weighted by atomic mass is 32.2. The zero-order chi connectivity index (χ0) is 12.4. The number of nitrogens with one attached hydrogen (secondary N) is 1. The number of aliphatic imine (C=N–C) groups is 1. The number of ether oxygens (including phenoxy) is 1. The first-order valence-electron chi connectivity index (χ1n) is 6.70. The van der Waals surface area contributed by atoms with Crippen molar-refractivity contribution in [2.45, 2.75) is 57.5 Å². The summed E-state index contributed by atoms with van der Waals surface area (Å²) in [5.41, 5.74) is 0.371. The SMILES string of the molecule is CCC(C)(CC)NC1=NC2(CCOCC2)CS1. The Balaban J connectivity index is 2.01. The van der Waals surface area contributed by atoms with Crippen LogP contribution in [0.4, 0.5) is 0 Å². The molecular formula is C13H24N2OS. The maximum absolute atomic E-state index is 5.44. The average molecular weight is 256 g/mol. The van der Waals surface area contributed by atoms with E-state index in [1.54, 1.807) is 0 Å². The average Bonchev–Trinajstić information content (AvgIpc) is 2.72. The fourth-order valence-corrected chi connectivity index (χ4v) is 3.57. The van der Waals surface area contributed by atoms with Gasteiger partial charge >= 0.3 is 0 Å². The van der Waals surface area contributed by atoms with Crippen LogP contribution in [0.1, 0.15) is 46.5 Å². The van der Waals surface area contributed by atoms with E-state index in [4.69, 9.17) is 9.73 Å². The summed E-state index contributed by atoms with van der Waals surface area (Å²) in [6.07, 6.45) is 4.44. The minimum absolute atomic E-state index is 0.174. The number of hydrogen-bond acceptors (Lipinski definition) is 4. The topological polar surface area (TPSA) is 33.6 Å². The summed E-state index contributed by atoms with van der Waals surface area (Å²) < 4.78 is 5.44.